The topological polar surface area (TPSA) is 122 Å². The summed E-state index contributed by atoms with van der Waals surface area (Å²) in [5.74, 6) is 0.739. The normalized spacial score (nSPS) is 15.1. The Labute approximate surface area is 160 Å². The van der Waals surface area contributed by atoms with Crippen LogP contribution in [-0.4, -0.2) is 92.0 Å². The molecular weight excluding hydrogens is 372 g/mol. The van der Waals surface area contributed by atoms with E-state index in [9.17, 15) is 9.59 Å². The van der Waals surface area contributed by atoms with Crippen LogP contribution < -0.4 is 5.32 Å². The Balaban J connectivity index is 1.32. The molecule has 1 aliphatic rings. The standard InChI is InChI=1S/C15H22N8O3S/c1-11-9-12(18-26-11)14(25)23-7-5-22(6-8-23)4-3-16-13(24)10-27-15-17-19-20-21(15)2/h9H,3-8,10H2,1-2H3,(H,16,24). The number of rotatable bonds is 7. The van der Waals surface area contributed by atoms with Crippen molar-refractivity contribution >= 4 is 23.6 Å². The Hall–Kier alpha value is -2.47. The number of tetrazole rings is 1. The number of thioether (sulfide) groups is 1. The van der Waals surface area contributed by atoms with Gasteiger partial charge in [-0.25, -0.2) is 4.68 Å². The van der Waals surface area contributed by atoms with Crippen LogP contribution in [0.5, 0.6) is 0 Å². The second kappa shape index (κ2) is 8.95. The molecule has 1 saturated heterocycles. The average Bonchev–Trinajstić information content (AvgIpc) is 3.28. The third-order valence-corrected chi connectivity index (χ3v) is 5.18. The molecule has 1 fully saturated rings. The number of aromatic nitrogens is 5. The van der Waals surface area contributed by atoms with Crippen molar-refractivity contribution in [2.45, 2.75) is 12.1 Å². The molecule has 146 valence electrons. The van der Waals surface area contributed by atoms with Gasteiger partial charge in [0.25, 0.3) is 5.91 Å². The first-order valence-corrected chi connectivity index (χ1v) is 9.58. The third-order valence-electron chi connectivity index (χ3n) is 4.17. The zero-order chi connectivity index (χ0) is 19.2. The molecule has 2 aromatic rings. The molecule has 0 aliphatic carbocycles. The van der Waals surface area contributed by atoms with Crippen LogP contribution in [0.2, 0.25) is 0 Å². The number of hydrogen-bond acceptors (Lipinski definition) is 9. The first kappa shape index (κ1) is 19.3. The van der Waals surface area contributed by atoms with Crippen LogP contribution in [0.25, 0.3) is 0 Å². The van der Waals surface area contributed by atoms with Gasteiger partial charge in [-0.2, -0.15) is 0 Å². The van der Waals surface area contributed by atoms with Crippen LogP contribution >= 0.6 is 11.8 Å². The van der Waals surface area contributed by atoms with Crippen LogP contribution in [-0.2, 0) is 11.8 Å². The van der Waals surface area contributed by atoms with Crippen molar-refractivity contribution < 1.29 is 14.1 Å². The van der Waals surface area contributed by atoms with Crippen molar-refractivity contribution in [3.05, 3.63) is 17.5 Å². The lowest BCUT2D eigenvalue weighted by molar-refractivity contribution is -0.118. The van der Waals surface area contributed by atoms with Gasteiger partial charge in [0, 0.05) is 52.4 Å². The lowest BCUT2D eigenvalue weighted by Gasteiger charge is -2.34. The van der Waals surface area contributed by atoms with Gasteiger partial charge in [0.05, 0.1) is 5.75 Å². The number of piperazine rings is 1. The van der Waals surface area contributed by atoms with Gasteiger partial charge in [0.2, 0.25) is 11.1 Å². The predicted molar refractivity (Wildman–Crippen MR) is 96.1 cm³/mol. The fourth-order valence-corrected chi connectivity index (χ4v) is 3.36. The monoisotopic (exact) mass is 394 g/mol. The Morgan fingerprint density at radius 2 is 2.07 bits per heavy atom. The maximum atomic E-state index is 12.3. The van der Waals surface area contributed by atoms with Gasteiger partial charge < -0.3 is 14.7 Å². The Kier molecular flexibility index (Phi) is 6.40. The number of aryl methyl sites for hydroxylation is 2. The molecule has 12 heteroatoms. The van der Waals surface area contributed by atoms with Crippen LogP contribution in [0, 0.1) is 6.92 Å². The van der Waals surface area contributed by atoms with Gasteiger partial charge in [0.1, 0.15) is 5.76 Å². The Morgan fingerprint density at radius 3 is 2.70 bits per heavy atom. The molecule has 2 aromatic heterocycles. The summed E-state index contributed by atoms with van der Waals surface area (Å²) in [4.78, 5) is 28.2. The van der Waals surface area contributed by atoms with Gasteiger partial charge in [-0.05, 0) is 17.4 Å². The van der Waals surface area contributed by atoms with Gasteiger partial charge in [0.15, 0.2) is 5.69 Å². The summed E-state index contributed by atoms with van der Waals surface area (Å²) in [6, 6.07) is 1.65. The van der Waals surface area contributed by atoms with E-state index in [2.05, 4.69) is 30.9 Å². The highest BCUT2D eigenvalue weighted by Gasteiger charge is 2.24. The molecule has 0 radical (unpaired) electrons. The smallest absolute Gasteiger partial charge is 0.276 e. The molecule has 27 heavy (non-hydrogen) atoms. The first-order valence-electron chi connectivity index (χ1n) is 8.59. The molecule has 11 nitrogen and oxygen atoms in total. The lowest BCUT2D eigenvalue weighted by atomic mass is 10.2. The van der Waals surface area contributed by atoms with Gasteiger partial charge in [-0.15, -0.1) is 5.10 Å². The van der Waals surface area contributed by atoms with E-state index >= 15 is 0 Å². The minimum Gasteiger partial charge on any atom is -0.361 e. The number of carbonyl (C=O) groups is 2. The van der Waals surface area contributed by atoms with Crippen LogP contribution in [0.3, 0.4) is 0 Å². The van der Waals surface area contributed by atoms with E-state index in [-0.39, 0.29) is 17.6 Å². The molecule has 0 spiro atoms. The summed E-state index contributed by atoms with van der Waals surface area (Å²) < 4.78 is 6.49. The van der Waals surface area contributed by atoms with E-state index in [0.29, 0.717) is 36.2 Å². The Bertz CT molecular complexity index is 784. The quantitative estimate of drug-likeness (QED) is 0.600. The summed E-state index contributed by atoms with van der Waals surface area (Å²) in [5.41, 5.74) is 0.351. The largest absolute Gasteiger partial charge is 0.361 e. The maximum absolute atomic E-state index is 12.3. The number of hydrogen-bond donors (Lipinski definition) is 1. The summed E-state index contributed by atoms with van der Waals surface area (Å²) >= 11 is 1.29. The van der Waals surface area contributed by atoms with Crippen molar-refractivity contribution in [3.8, 4) is 0 Å². The highest BCUT2D eigenvalue weighted by molar-refractivity contribution is 7.99. The summed E-state index contributed by atoms with van der Waals surface area (Å²) in [6.07, 6.45) is 0. The van der Waals surface area contributed by atoms with Gasteiger partial charge in [-0.3, -0.25) is 14.5 Å². The van der Waals surface area contributed by atoms with E-state index in [1.165, 1.54) is 16.4 Å². The molecule has 0 bridgehead atoms. The van der Waals surface area contributed by atoms with Crippen molar-refractivity contribution in [3.63, 3.8) is 0 Å². The van der Waals surface area contributed by atoms with Crippen molar-refractivity contribution in [1.29, 1.82) is 0 Å². The van der Waals surface area contributed by atoms with E-state index in [0.717, 1.165) is 19.6 Å². The maximum Gasteiger partial charge on any atom is 0.276 e. The molecular formula is C15H22N8O3S. The molecule has 1 aliphatic heterocycles. The fourth-order valence-electron chi connectivity index (χ4n) is 2.68. The molecule has 3 heterocycles. The minimum absolute atomic E-state index is 0.0572. The predicted octanol–water partition coefficient (Wildman–Crippen LogP) is -0.827. The minimum atomic E-state index is -0.102. The second-order valence-corrected chi connectivity index (χ2v) is 7.12. The van der Waals surface area contributed by atoms with Crippen molar-refractivity contribution in [2.24, 2.45) is 7.05 Å². The number of carbonyl (C=O) groups excluding carboxylic acids is 2. The van der Waals surface area contributed by atoms with Crippen molar-refractivity contribution in [1.82, 2.24) is 40.5 Å². The highest BCUT2D eigenvalue weighted by Crippen LogP contribution is 2.11. The van der Waals surface area contributed by atoms with E-state index in [1.54, 1.807) is 24.9 Å². The molecule has 3 rings (SSSR count). The van der Waals surface area contributed by atoms with Gasteiger partial charge in [-0.1, -0.05) is 16.9 Å². The van der Waals surface area contributed by atoms with E-state index < -0.39 is 0 Å². The zero-order valence-electron chi connectivity index (χ0n) is 15.3. The molecule has 0 saturated carbocycles. The zero-order valence-corrected chi connectivity index (χ0v) is 16.1. The van der Waals surface area contributed by atoms with E-state index in [1.807, 2.05) is 0 Å². The number of nitrogens with one attached hydrogen (secondary N) is 1. The molecule has 0 aromatic carbocycles. The lowest BCUT2D eigenvalue weighted by Crippen LogP contribution is -2.50. The Morgan fingerprint density at radius 1 is 1.30 bits per heavy atom. The number of amides is 2. The molecule has 0 atom stereocenters. The van der Waals surface area contributed by atoms with Crippen LogP contribution in [0.4, 0.5) is 0 Å². The molecule has 0 unspecified atom stereocenters. The third kappa shape index (κ3) is 5.26. The summed E-state index contributed by atoms with van der Waals surface area (Å²) in [6.45, 7) is 5.86. The highest BCUT2D eigenvalue weighted by atomic mass is 32.2. The summed E-state index contributed by atoms with van der Waals surface area (Å²) in [7, 11) is 1.73. The fraction of sp³-hybridized carbons (Fsp3) is 0.600. The molecule has 2 amide bonds. The number of nitrogens with zero attached hydrogens (tertiary/aromatic N) is 7. The average molecular weight is 394 g/mol. The van der Waals surface area contributed by atoms with E-state index in [4.69, 9.17) is 4.52 Å². The first-order chi connectivity index (χ1) is 13.0. The van der Waals surface area contributed by atoms with Crippen molar-refractivity contribution in [2.75, 3.05) is 45.0 Å². The van der Waals surface area contributed by atoms with Gasteiger partial charge >= 0.3 is 0 Å². The SMILES string of the molecule is Cc1cc(C(=O)N2CCN(CCNC(=O)CSc3nnnn3C)CC2)no1. The molecule has 1 N–H and O–H groups in total. The second-order valence-electron chi connectivity index (χ2n) is 6.18. The van der Waals surface area contributed by atoms with Crippen LogP contribution in [0.15, 0.2) is 15.7 Å². The summed E-state index contributed by atoms with van der Waals surface area (Å²) in [5, 5.41) is 18.3. The van der Waals surface area contributed by atoms with Crippen LogP contribution in [0.1, 0.15) is 16.2 Å².